The molecule has 0 bridgehead atoms. The van der Waals surface area contributed by atoms with Crippen LogP contribution in [0, 0.1) is 0 Å². The maximum atomic E-state index is 6.17. The lowest BCUT2D eigenvalue weighted by Crippen LogP contribution is -2.29. The van der Waals surface area contributed by atoms with E-state index in [1.807, 2.05) is 18.2 Å². The van der Waals surface area contributed by atoms with E-state index >= 15 is 0 Å². The molecule has 3 aliphatic heterocycles. The van der Waals surface area contributed by atoms with Crippen LogP contribution in [0.3, 0.4) is 0 Å². The molecule has 0 saturated carbocycles. The highest BCUT2D eigenvalue weighted by Crippen LogP contribution is 2.40. The number of amidine groups is 2. The van der Waals surface area contributed by atoms with E-state index in [2.05, 4.69) is 53.7 Å². The molecule has 9 heteroatoms. The second kappa shape index (κ2) is 9.05. The Morgan fingerprint density at radius 3 is 2.83 bits per heavy atom. The number of halogens is 3. The maximum Gasteiger partial charge on any atom is 0.173 e. The highest BCUT2D eigenvalue weighted by molar-refractivity contribution is 8.17. The van der Waals surface area contributed by atoms with Crippen LogP contribution in [0.15, 0.2) is 63.6 Å². The van der Waals surface area contributed by atoms with Crippen molar-refractivity contribution in [2.45, 2.75) is 25.9 Å². The summed E-state index contributed by atoms with van der Waals surface area (Å²) < 4.78 is 0. The zero-order chi connectivity index (χ0) is 19.3. The fraction of sp³-hybridized carbons (Fsp3) is 0.238. The van der Waals surface area contributed by atoms with Gasteiger partial charge in [-0.05, 0) is 49.1 Å². The predicted molar refractivity (Wildman–Crippen MR) is 137 cm³/mol. The summed E-state index contributed by atoms with van der Waals surface area (Å²) in [6.45, 7) is 5.13. The van der Waals surface area contributed by atoms with E-state index in [9.17, 15) is 0 Å². The first-order valence-corrected chi connectivity index (χ1v) is 11.3. The van der Waals surface area contributed by atoms with Crippen molar-refractivity contribution in [3.8, 4) is 0 Å². The van der Waals surface area contributed by atoms with E-state index < -0.39 is 0 Å². The molecule has 0 radical (unpaired) electrons. The van der Waals surface area contributed by atoms with Crippen molar-refractivity contribution in [2.24, 2.45) is 9.98 Å². The highest BCUT2D eigenvalue weighted by Gasteiger charge is 2.30. The monoisotopic (exact) mass is 498 g/mol. The third-order valence-corrected chi connectivity index (χ3v) is 7.08. The number of nitrogens with one attached hydrogen (secondary N) is 1. The smallest absolute Gasteiger partial charge is 0.173 e. The lowest BCUT2D eigenvalue weighted by atomic mass is 9.92. The molecule has 2 aromatic rings. The summed E-state index contributed by atoms with van der Waals surface area (Å²) in [5.41, 5.74) is 5.58. The average Bonchev–Trinajstić information content (AvgIpc) is 3.06. The Balaban J connectivity index is 0.00000128. The second-order valence-corrected chi connectivity index (χ2v) is 9.65. The standard InChI is InChI=1S/C21H19ClN4S2.2ClH/c1-21(2)16-5-3-4-6-18(16)23-19(25-21)27-11-15-12-28-20-24-17-8-7-14(22)9-13(17)10-26(15)20;;/h3-9,12H,10-11H2,1-2H3,(H,23,25);2*1H. The fourth-order valence-corrected chi connectivity index (χ4v) is 5.81. The van der Waals surface area contributed by atoms with Gasteiger partial charge in [0.25, 0.3) is 0 Å². The molecule has 0 spiro atoms. The third kappa shape index (κ3) is 4.34. The van der Waals surface area contributed by atoms with E-state index in [0.29, 0.717) is 0 Å². The van der Waals surface area contributed by atoms with Crippen molar-refractivity contribution in [3.05, 3.63) is 69.7 Å². The molecular weight excluding hydrogens is 479 g/mol. The van der Waals surface area contributed by atoms with Gasteiger partial charge in [0, 0.05) is 27.7 Å². The molecular formula is C21H21Cl3N4S2. The third-order valence-electron chi connectivity index (χ3n) is 5.03. The maximum absolute atomic E-state index is 6.17. The normalized spacial score (nSPS) is 17.7. The number of para-hydroxylation sites is 1. The molecule has 2 aromatic carbocycles. The molecule has 0 aliphatic carbocycles. The van der Waals surface area contributed by atoms with Crippen LogP contribution in [0.25, 0.3) is 0 Å². The quantitative estimate of drug-likeness (QED) is 0.482. The van der Waals surface area contributed by atoms with Crippen LogP contribution in [0.5, 0.6) is 0 Å². The number of rotatable bonds is 2. The van der Waals surface area contributed by atoms with Gasteiger partial charge in [0.2, 0.25) is 0 Å². The Bertz CT molecular complexity index is 1070. The summed E-state index contributed by atoms with van der Waals surface area (Å²) in [5, 5.41) is 8.43. The number of benzene rings is 2. The minimum Gasteiger partial charge on any atom is -0.335 e. The molecule has 0 saturated heterocycles. The van der Waals surface area contributed by atoms with Gasteiger partial charge in [-0.1, -0.05) is 53.3 Å². The lowest BCUT2D eigenvalue weighted by Gasteiger charge is -2.31. The molecule has 4 nitrogen and oxygen atoms in total. The first kappa shape index (κ1) is 23.4. The van der Waals surface area contributed by atoms with E-state index in [1.165, 1.54) is 11.3 Å². The highest BCUT2D eigenvalue weighted by atomic mass is 35.5. The van der Waals surface area contributed by atoms with Gasteiger partial charge in [0.1, 0.15) is 0 Å². The summed E-state index contributed by atoms with van der Waals surface area (Å²) in [6, 6.07) is 14.3. The summed E-state index contributed by atoms with van der Waals surface area (Å²) >= 11 is 9.59. The largest absolute Gasteiger partial charge is 0.335 e. The molecule has 0 atom stereocenters. The number of thioether (sulfide) groups is 2. The van der Waals surface area contributed by atoms with Crippen LogP contribution >= 0.6 is 59.9 Å². The van der Waals surface area contributed by atoms with Gasteiger partial charge in [-0.2, -0.15) is 0 Å². The minimum absolute atomic E-state index is 0. The van der Waals surface area contributed by atoms with Gasteiger partial charge >= 0.3 is 0 Å². The zero-order valence-corrected chi connectivity index (χ0v) is 20.4. The minimum atomic E-state index is -0.226. The number of nitrogens with zero attached hydrogens (tertiary/aromatic N) is 3. The molecule has 158 valence electrons. The van der Waals surface area contributed by atoms with Crippen LogP contribution in [0.2, 0.25) is 5.02 Å². The van der Waals surface area contributed by atoms with E-state index in [0.717, 1.165) is 44.6 Å². The molecule has 0 amide bonds. The topological polar surface area (TPSA) is 40.0 Å². The molecule has 0 fully saturated rings. The van der Waals surface area contributed by atoms with Crippen molar-refractivity contribution >= 4 is 81.6 Å². The van der Waals surface area contributed by atoms with Crippen molar-refractivity contribution in [2.75, 3.05) is 11.1 Å². The molecule has 30 heavy (non-hydrogen) atoms. The van der Waals surface area contributed by atoms with Crippen molar-refractivity contribution in [3.63, 3.8) is 0 Å². The number of fused-ring (bicyclic) bond motifs is 3. The van der Waals surface area contributed by atoms with Crippen LogP contribution in [0.4, 0.5) is 11.4 Å². The summed E-state index contributed by atoms with van der Waals surface area (Å²) in [7, 11) is 0. The van der Waals surface area contributed by atoms with Crippen LogP contribution < -0.4 is 5.32 Å². The lowest BCUT2D eigenvalue weighted by molar-refractivity contribution is 0.519. The van der Waals surface area contributed by atoms with E-state index in [4.69, 9.17) is 21.6 Å². The number of anilines is 1. The number of aliphatic imine (C=N–C) groups is 2. The fourth-order valence-electron chi connectivity index (χ4n) is 3.60. The molecule has 5 rings (SSSR count). The summed E-state index contributed by atoms with van der Waals surface area (Å²) in [4.78, 5) is 12.0. The number of hydrogen-bond donors (Lipinski definition) is 1. The number of hydrogen-bond acceptors (Lipinski definition) is 6. The van der Waals surface area contributed by atoms with Crippen molar-refractivity contribution < 1.29 is 0 Å². The van der Waals surface area contributed by atoms with Crippen molar-refractivity contribution in [1.82, 2.24) is 4.90 Å². The summed E-state index contributed by atoms with van der Waals surface area (Å²) in [6.07, 6.45) is 0. The Hall–Kier alpha value is -1.31. The van der Waals surface area contributed by atoms with Crippen LogP contribution in [-0.2, 0) is 12.1 Å². The Kier molecular flexibility index (Phi) is 7.04. The molecule has 3 heterocycles. The molecule has 3 aliphatic rings. The van der Waals surface area contributed by atoms with Crippen LogP contribution in [-0.4, -0.2) is 21.0 Å². The van der Waals surface area contributed by atoms with Gasteiger partial charge < -0.3 is 10.2 Å². The predicted octanol–water partition coefficient (Wildman–Crippen LogP) is 7.02. The van der Waals surface area contributed by atoms with Gasteiger partial charge in [0.15, 0.2) is 10.3 Å². The zero-order valence-electron chi connectivity index (χ0n) is 16.4. The first-order chi connectivity index (χ1) is 13.5. The van der Waals surface area contributed by atoms with Crippen molar-refractivity contribution in [1.29, 1.82) is 0 Å². The molecule has 0 unspecified atom stereocenters. The van der Waals surface area contributed by atoms with Gasteiger partial charge in [-0.15, -0.1) is 24.8 Å². The van der Waals surface area contributed by atoms with E-state index in [-0.39, 0.29) is 30.4 Å². The second-order valence-electron chi connectivity index (χ2n) is 7.42. The Labute approximate surface area is 202 Å². The van der Waals surface area contributed by atoms with Gasteiger partial charge in [-0.25, -0.2) is 4.99 Å². The summed E-state index contributed by atoms with van der Waals surface area (Å²) in [5.74, 6) is 0.839. The van der Waals surface area contributed by atoms with Gasteiger partial charge in [-0.3, -0.25) is 4.99 Å². The molecule has 1 N–H and O–H groups in total. The Morgan fingerprint density at radius 2 is 2.00 bits per heavy atom. The van der Waals surface area contributed by atoms with Crippen LogP contribution in [0.1, 0.15) is 25.0 Å². The Morgan fingerprint density at radius 1 is 1.20 bits per heavy atom. The van der Waals surface area contributed by atoms with E-state index in [1.54, 1.807) is 23.5 Å². The average molecular weight is 500 g/mol. The first-order valence-electron chi connectivity index (χ1n) is 9.09. The van der Waals surface area contributed by atoms with Gasteiger partial charge in [0.05, 0.1) is 17.8 Å². The molecule has 0 aromatic heterocycles. The SMILES string of the molecule is CC1(C)N=C(SCC2=CSC3=Nc4ccc(Cl)cc4CN23)Nc2ccccc21.Cl.Cl.